The third-order valence-corrected chi connectivity index (χ3v) is 4.73. The fourth-order valence-electron chi connectivity index (χ4n) is 3.41. The van der Waals surface area contributed by atoms with Crippen molar-refractivity contribution in [3.05, 3.63) is 28.8 Å². The molecule has 5 heteroatoms. The fraction of sp³-hybridized carbons (Fsp3) is 0.600. The number of ether oxygens (including phenoxy) is 1. The number of carbonyl (C=O) groups excluding carboxylic acids is 2. The fourth-order valence-corrected chi connectivity index (χ4v) is 3.41. The third-order valence-electron chi connectivity index (χ3n) is 4.73. The number of amides is 2. The van der Waals surface area contributed by atoms with E-state index in [2.05, 4.69) is 6.92 Å². The maximum absolute atomic E-state index is 13.0. The predicted molar refractivity (Wildman–Crippen MR) is 99.1 cm³/mol. The van der Waals surface area contributed by atoms with Gasteiger partial charge in [0.15, 0.2) is 0 Å². The molecule has 1 aromatic rings. The highest BCUT2D eigenvalue weighted by Gasteiger charge is 2.25. The molecule has 1 aliphatic rings. The van der Waals surface area contributed by atoms with E-state index in [1.54, 1.807) is 7.11 Å². The lowest BCUT2D eigenvalue weighted by molar-refractivity contribution is -0.131. The summed E-state index contributed by atoms with van der Waals surface area (Å²) in [6.45, 7) is 8.63. The number of aryl methyl sites for hydroxylation is 2. The molecule has 0 N–H and O–H groups in total. The van der Waals surface area contributed by atoms with Crippen molar-refractivity contribution < 1.29 is 14.3 Å². The topological polar surface area (TPSA) is 49.9 Å². The van der Waals surface area contributed by atoms with Crippen molar-refractivity contribution in [2.75, 3.05) is 33.3 Å². The van der Waals surface area contributed by atoms with Crippen LogP contribution in [0.1, 0.15) is 54.1 Å². The number of unbranched alkanes of at least 4 members (excludes halogenated alkanes) is 1. The van der Waals surface area contributed by atoms with Gasteiger partial charge in [-0.2, -0.15) is 0 Å². The molecule has 0 bridgehead atoms. The summed E-state index contributed by atoms with van der Waals surface area (Å²) in [6, 6.07) is 3.91. The molecule has 1 aliphatic heterocycles. The molecule has 1 heterocycles. The first-order chi connectivity index (χ1) is 12.0. The van der Waals surface area contributed by atoms with E-state index in [4.69, 9.17) is 4.74 Å². The van der Waals surface area contributed by atoms with Gasteiger partial charge in [-0.25, -0.2) is 0 Å². The van der Waals surface area contributed by atoms with Gasteiger partial charge in [-0.1, -0.05) is 19.4 Å². The Labute approximate surface area is 150 Å². The summed E-state index contributed by atoms with van der Waals surface area (Å²) in [5.41, 5.74) is 2.63. The molecule has 0 spiro atoms. The summed E-state index contributed by atoms with van der Waals surface area (Å²) in [5.74, 6) is 0.849. The Morgan fingerprint density at radius 2 is 1.76 bits per heavy atom. The number of carbonyl (C=O) groups is 2. The number of hydrogen-bond donors (Lipinski definition) is 0. The van der Waals surface area contributed by atoms with Crippen molar-refractivity contribution in [2.45, 2.75) is 46.5 Å². The molecule has 0 atom stereocenters. The number of benzene rings is 1. The minimum atomic E-state index is -0.00786. The summed E-state index contributed by atoms with van der Waals surface area (Å²) < 4.78 is 5.47. The van der Waals surface area contributed by atoms with Gasteiger partial charge in [0.1, 0.15) is 5.75 Å². The second-order valence-corrected chi connectivity index (χ2v) is 6.79. The van der Waals surface area contributed by atoms with Crippen molar-refractivity contribution in [1.82, 2.24) is 9.80 Å². The molecule has 0 aliphatic carbocycles. The third kappa shape index (κ3) is 4.74. The van der Waals surface area contributed by atoms with Crippen LogP contribution >= 0.6 is 0 Å². The van der Waals surface area contributed by atoms with E-state index in [1.165, 1.54) is 0 Å². The van der Waals surface area contributed by atoms with Crippen LogP contribution in [0, 0.1) is 13.8 Å². The molecule has 0 aromatic heterocycles. The highest BCUT2D eigenvalue weighted by molar-refractivity contribution is 5.97. The molecule has 138 valence electrons. The molecule has 0 saturated carbocycles. The van der Waals surface area contributed by atoms with Crippen LogP contribution in [0.25, 0.3) is 0 Å². The van der Waals surface area contributed by atoms with Crippen LogP contribution in [0.5, 0.6) is 5.75 Å². The summed E-state index contributed by atoms with van der Waals surface area (Å²) >= 11 is 0. The monoisotopic (exact) mass is 346 g/mol. The zero-order chi connectivity index (χ0) is 18.4. The number of hydrogen-bond acceptors (Lipinski definition) is 3. The van der Waals surface area contributed by atoms with Crippen molar-refractivity contribution in [3.8, 4) is 5.75 Å². The van der Waals surface area contributed by atoms with Gasteiger partial charge in [0.05, 0.1) is 12.7 Å². The SMILES string of the molecule is CCCCC(=O)N1CCCN(C(=O)c2cc(C)cc(C)c2OC)CC1. The van der Waals surface area contributed by atoms with Gasteiger partial charge < -0.3 is 14.5 Å². The van der Waals surface area contributed by atoms with Crippen LogP contribution in [0.4, 0.5) is 0 Å². The van der Waals surface area contributed by atoms with Crippen LogP contribution in [-0.4, -0.2) is 54.9 Å². The van der Waals surface area contributed by atoms with E-state index in [0.717, 1.165) is 36.9 Å². The first-order valence-corrected chi connectivity index (χ1v) is 9.20. The minimum Gasteiger partial charge on any atom is -0.496 e. The standard InChI is InChI=1S/C20H30N2O3/c1-5-6-8-18(23)21-9-7-10-22(12-11-21)20(24)17-14-15(2)13-16(3)19(17)25-4/h13-14H,5-12H2,1-4H3. The molecule has 5 nitrogen and oxygen atoms in total. The van der Waals surface area contributed by atoms with Crippen LogP contribution in [0.15, 0.2) is 12.1 Å². The molecular formula is C20H30N2O3. The molecule has 0 radical (unpaired) electrons. The largest absolute Gasteiger partial charge is 0.496 e. The summed E-state index contributed by atoms with van der Waals surface area (Å²) in [6.07, 6.45) is 3.38. The zero-order valence-electron chi connectivity index (χ0n) is 15.9. The molecule has 25 heavy (non-hydrogen) atoms. The molecule has 1 aromatic carbocycles. The Morgan fingerprint density at radius 1 is 1.08 bits per heavy atom. The van der Waals surface area contributed by atoms with Crippen molar-refractivity contribution in [2.24, 2.45) is 0 Å². The van der Waals surface area contributed by atoms with E-state index in [-0.39, 0.29) is 11.8 Å². The minimum absolute atomic E-state index is 0.00786. The molecule has 1 saturated heterocycles. The van der Waals surface area contributed by atoms with Gasteiger partial charge in [0, 0.05) is 32.6 Å². The number of methoxy groups -OCH3 is 1. The van der Waals surface area contributed by atoms with Crippen LogP contribution in [0.3, 0.4) is 0 Å². The lowest BCUT2D eigenvalue weighted by Crippen LogP contribution is -2.37. The van der Waals surface area contributed by atoms with Gasteiger partial charge in [0.25, 0.3) is 5.91 Å². The molecule has 2 amide bonds. The van der Waals surface area contributed by atoms with E-state index in [1.807, 2.05) is 35.8 Å². The normalized spacial score (nSPS) is 15.0. The van der Waals surface area contributed by atoms with E-state index >= 15 is 0 Å². The van der Waals surface area contributed by atoms with Gasteiger partial charge in [-0.05, 0) is 43.9 Å². The quantitative estimate of drug-likeness (QED) is 0.823. The van der Waals surface area contributed by atoms with Crippen LogP contribution < -0.4 is 4.74 Å². The Morgan fingerprint density at radius 3 is 2.44 bits per heavy atom. The number of nitrogens with zero attached hydrogens (tertiary/aromatic N) is 2. The van der Waals surface area contributed by atoms with E-state index < -0.39 is 0 Å². The highest BCUT2D eigenvalue weighted by Crippen LogP contribution is 2.26. The smallest absolute Gasteiger partial charge is 0.257 e. The summed E-state index contributed by atoms with van der Waals surface area (Å²) in [4.78, 5) is 29.0. The predicted octanol–water partition coefficient (Wildman–Crippen LogP) is 3.18. The van der Waals surface area contributed by atoms with E-state index in [9.17, 15) is 9.59 Å². The van der Waals surface area contributed by atoms with E-state index in [0.29, 0.717) is 37.4 Å². The molecular weight excluding hydrogens is 316 g/mol. The maximum atomic E-state index is 13.0. The van der Waals surface area contributed by atoms with Crippen molar-refractivity contribution >= 4 is 11.8 Å². The molecule has 0 unspecified atom stereocenters. The van der Waals surface area contributed by atoms with Gasteiger partial charge >= 0.3 is 0 Å². The zero-order valence-corrected chi connectivity index (χ0v) is 15.9. The Balaban J connectivity index is 2.10. The average molecular weight is 346 g/mol. The first kappa shape index (κ1) is 19.3. The van der Waals surface area contributed by atoms with Gasteiger partial charge in [-0.15, -0.1) is 0 Å². The number of rotatable bonds is 5. The Kier molecular flexibility index (Phi) is 6.85. The first-order valence-electron chi connectivity index (χ1n) is 9.20. The van der Waals surface area contributed by atoms with Crippen molar-refractivity contribution in [3.63, 3.8) is 0 Å². The second-order valence-electron chi connectivity index (χ2n) is 6.79. The highest BCUT2D eigenvalue weighted by atomic mass is 16.5. The second kappa shape index (κ2) is 8.88. The lowest BCUT2D eigenvalue weighted by Gasteiger charge is -2.23. The Bertz CT molecular complexity index is 628. The lowest BCUT2D eigenvalue weighted by atomic mass is 10.0. The van der Waals surface area contributed by atoms with Crippen molar-refractivity contribution in [1.29, 1.82) is 0 Å². The molecule has 1 fully saturated rings. The van der Waals surface area contributed by atoms with Crippen LogP contribution in [0.2, 0.25) is 0 Å². The summed E-state index contributed by atoms with van der Waals surface area (Å²) in [5, 5.41) is 0. The summed E-state index contributed by atoms with van der Waals surface area (Å²) in [7, 11) is 1.60. The van der Waals surface area contributed by atoms with Crippen LogP contribution in [-0.2, 0) is 4.79 Å². The van der Waals surface area contributed by atoms with Gasteiger partial charge in [0.2, 0.25) is 5.91 Å². The van der Waals surface area contributed by atoms with Gasteiger partial charge in [-0.3, -0.25) is 9.59 Å². The molecule has 2 rings (SSSR count). The Hall–Kier alpha value is -2.04. The average Bonchev–Trinajstić information content (AvgIpc) is 2.84. The maximum Gasteiger partial charge on any atom is 0.257 e.